The number of carbonyl (C=O) groups is 1. The van der Waals surface area contributed by atoms with E-state index in [0.29, 0.717) is 23.8 Å². The average molecular weight is 536 g/mol. The van der Waals surface area contributed by atoms with Gasteiger partial charge >= 0.3 is 5.63 Å². The summed E-state index contributed by atoms with van der Waals surface area (Å²) in [6, 6.07) is 17.4. The Kier molecular flexibility index (Phi) is 7.97. The molecule has 0 radical (unpaired) electrons. The fourth-order valence-electron chi connectivity index (χ4n) is 4.51. The van der Waals surface area contributed by atoms with E-state index in [-0.39, 0.29) is 18.0 Å². The van der Waals surface area contributed by atoms with E-state index in [1.54, 1.807) is 17.0 Å². The van der Waals surface area contributed by atoms with Gasteiger partial charge in [-0.1, -0.05) is 55.5 Å². The molecule has 0 unspecified atom stereocenters. The first-order valence-electron chi connectivity index (χ1n) is 12.3. The standard InChI is InChI=1S/C29H29N3O3S.ClH/c1-5-31(6-2)13-14-32(29-30-24-15-18(3)19(4)16-26(24)36-29)27(33)23-17-22-21-10-8-7-9-20(21)11-12-25(22)35-28(23)34;/h7-12,15-17H,5-6,13-14H2,1-4H3;1H. The monoisotopic (exact) mass is 535 g/mol. The number of anilines is 1. The Balaban J connectivity index is 0.00000320. The molecule has 0 aliphatic rings. The van der Waals surface area contributed by atoms with Crippen molar-refractivity contribution in [2.75, 3.05) is 31.1 Å². The highest BCUT2D eigenvalue weighted by molar-refractivity contribution is 7.22. The lowest BCUT2D eigenvalue weighted by atomic mass is 10.0. The first kappa shape index (κ1) is 26.8. The van der Waals surface area contributed by atoms with Crippen molar-refractivity contribution < 1.29 is 9.21 Å². The maximum absolute atomic E-state index is 14.0. The van der Waals surface area contributed by atoms with Crippen molar-refractivity contribution in [1.82, 2.24) is 9.88 Å². The van der Waals surface area contributed by atoms with Crippen LogP contribution in [-0.2, 0) is 0 Å². The summed E-state index contributed by atoms with van der Waals surface area (Å²) in [6.07, 6.45) is 0. The van der Waals surface area contributed by atoms with Crippen molar-refractivity contribution in [3.8, 4) is 0 Å². The number of fused-ring (bicyclic) bond motifs is 4. The molecule has 8 heteroatoms. The molecule has 0 fully saturated rings. The fraction of sp³-hybridized carbons (Fsp3) is 0.276. The number of hydrogen-bond donors (Lipinski definition) is 0. The average Bonchev–Trinajstić information content (AvgIpc) is 3.28. The van der Waals surface area contributed by atoms with Crippen molar-refractivity contribution in [3.05, 3.63) is 81.7 Å². The van der Waals surface area contributed by atoms with Crippen LogP contribution in [0.15, 0.2) is 63.8 Å². The van der Waals surface area contributed by atoms with Crippen LogP contribution in [0, 0.1) is 13.8 Å². The topological polar surface area (TPSA) is 66.7 Å². The molecule has 37 heavy (non-hydrogen) atoms. The zero-order valence-corrected chi connectivity index (χ0v) is 23.0. The molecule has 0 aliphatic carbocycles. The summed E-state index contributed by atoms with van der Waals surface area (Å²) in [5.41, 5.74) is 3.04. The van der Waals surface area contributed by atoms with Gasteiger partial charge in [-0.25, -0.2) is 9.78 Å². The third-order valence-electron chi connectivity index (χ3n) is 6.88. The lowest BCUT2D eigenvalue weighted by molar-refractivity contribution is 0.0980. The molecule has 0 atom stereocenters. The summed E-state index contributed by atoms with van der Waals surface area (Å²) in [7, 11) is 0. The third-order valence-corrected chi connectivity index (χ3v) is 7.92. The number of rotatable bonds is 7. The predicted octanol–water partition coefficient (Wildman–Crippen LogP) is 6.58. The molecule has 2 aromatic heterocycles. The van der Waals surface area contributed by atoms with E-state index in [4.69, 9.17) is 9.40 Å². The molecule has 6 nitrogen and oxygen atoms in total. The van der Waals surface area contributed by atoms with Gasteiger partial charge in [0.1, 0.15) is 11.1 Å². The molecule has 2 heterocycles. The molecule has 0 aliphatic heterocycles. The molecular weight excluding hydrogens is 506 g/mol. The Bertz CT molecular complexity index is 1620. The number of halogens is 1. The zero-order valence-electron chi connectivity index (χ0n) is 21.4. The number of thiazole rings is 1. The number of aryl methyl sites for hydroxylation is 2. The number of nitrogens with zero attached hydrogens (tertiary/aromatic N) is 3. The van der Waals surface area contributed by atoms with Gasteiger partial charge in [-0.05, 0) is 73.1 Å². The van der Waals surface area contributed by atoms with E-state index >= 15 is 0 Å². The number of aromatic nitrogens is 1. The quantitative estimate of drug-likeness (QED) is 0.174. The summed E-state index contributed by atoms with van der Waals surface area (Å²) < 4.78 is 6.65. The smallest absolute Gasteiger partial charge is 0.349 e. The second kappa shape index (κ2) is 11.0. The molecule has 1 amide bonds. The van der Waals surface area contributed by atoms with Crippen molar-refractivity contribution in [2.45, 2.75) is 27.7 Å². The molecule has 192 valence electrons. The SMILES string of the molecule is CCN(CC)CCN(C(=O)c1cc2c(ccc3ccccc32)oc1=O)c1nc2cc(C)c(C)cc2s1.Cl. The highest BCUT2D eigenvalue weighted by atomic mass is 35.5. The minimum absolute atomic E-state index is 0. The lowest BCUT2D eigenvalue weighted by Crippen LogP contribution is -2.40. The normalized spacial score (nSPS) is 11.4. The van der Waals surface area contributed by atoms with Crippen LogP contribution in [0.25, 0.3) is 32.0 Å². The van der Waals surface area contributed by atoms with E-state index in [1.165, 1.54) is 16.9 Å². The van der Waals surface area contributed by atoms with Crippen LogP contribution in [0.4, 0.5) is 5.13 Å². The summed E-state index contributed by atoms with van der Waals surface area (Å²) in [6.45, 7) is 11.2. The molecule has 5 aromatic rings. The van der Waals surface area contributed by atoms with Crippen molar-refractivity contribution >= 4 is 66.7 Å². The van der Waals surface area contributed by atoms with Crippen LogP contribution >= 0.6 is 23.7 Å². The van der Waals surface area contributed by atoms with Crippen LogP contribution in [0.2, 0.25) is 0 Å². The molecule has 3 aromatic carbocycles. The third kappa shape index (κ3) is 5.12. The number of hydrogen-bond acceptors (Lipinski definition) is 6. The van der Waals surface area contributed by atoms with Crippen LogP contribution in [0.1, 0.15) is 35.3 Å². The Labute approximate surface area is 225 Å². The highest BCUT2D eigenvalue weighted by Gasteiger charge is 2.26. The van der Waals surface area contributed by atoms with Crippen molar-refractivity contribution in [3.63, 3.8) is 0 Å². The van der Waals surface area contributed by atoms with Gasteiger partial charge in [0.15, 0.2) is 5.13 Å². The van der Waals surface area contributed by atoms with Gasteiger partial charge in [0.25, 0.3) is 5.91 Å². The van der Waals surface area contributed by atoms with E-state index in [0.717, 1.165) is 45.0 Å². The molecule has 0 saturated heterocycles. The van der Waals surface area contributed by atoms with Crippen LogP contribution < -0.4 is 10.5 Å². The van der Waals surface area contributed by atoms with Gasteiger partial charge in [0, 0.05) is 18.5 Å². The van der Waals surface area contributed by atoms with Crippen LogP contribution in [0.5, 0.6) is 0 Å². The molecule has 5 rings (SSSR count). The Morgan fingerprint density at radius 3 is 2.43 bits per heavy atom. The molecule has 0 bridgehead atoms. The van der Waals surface area contributed by atoms with E-state index in [1.807, 2.05) is 36.4 Å². The van der Waals surface area contributed by atoms with Gasteiger partial charge in [-0.15, -0.1) is 12.4 Å². The minimum atomic E-state index is -0.636. The molecule has 0 saturated carbocycles. The number of carbonyl (C=O) groups excluding carboxylic acids is 1. The molecular formula is C29H30ClN3O3S. The summed E-state index contributed by atoms with van der Waals surface area (Å²) in [4.78, 5) is 35.7. The van der Waals surface area contributed by atoms with E-state index in [2.05, 4.69) is 38.7 Å². The number of likely N-dealkylation sites (N-methyl/N-ethyl adjacent to an activating group) is 1. The second-order valence-corrected chi connectivity index (χ2v) is 10.0. The summed E-state index contributed by atoms with van der Waals surface area (Å²) in [5, 5.41) is 3.29. The van der Waals surface area contributed by atoms with Crippen molar-refractivity contribution in [1.29, 1.82) is 0 Å². The maximum Gasteiger partial charge on any atom is 0.349 e. The van der Waals surface area contributed by atoms with Crippen LogP contribution in [-0.4, -0.2) is 42.0 Å². The summed E-state index contributed by atoms with van der Waals surface area (Å²) >= 11 is 1.47. The second-order valence-electron chi connectivity index (χ2n) is 9.03. The van der Waals surface area contributed by atoms with Gasteiger partial charge in [0.2, 0.25) is 0 Å². The van der Waals surface area contributed by atoms with Gasteiger partial charge in [-0.2, -0.15) is 0 Å². The van der Waals surface area contributed by atoms with E-state index in [9.17, 15) is 9.59 Å². The first-order valence-corrected chi connectivity index (χ1v) is 13.1. The number of benzene rings is 3. The maximum atomic E-state index is 14.0. The zero-order chi connectivity index (χ0) is 25.4. The van der Waals surface area contributed by atoms with E-state index < -0.39 is 11.5 Å². The van der Waals surface area contributed by atoms with Crippen LogP contribution in [0.3, 0.4) is 0 Å². The highest BCUT2D eigenvalue weighted by Crippen LogP contribution is 2.32. The Hall–Kier alpha value is -3.26. The van der Waals surface area contributed by atoms with Crippen molar-refractivity contribution in [2.24, 2.45) is 0 Å². The van der Waals surface area contributed by atoms with Gasteiger partial charge in [-0.3, -0.25) is 9.69 Å². The van der Waals surface area contributed by atoms with Gasteiger partial charge in [0.05, 0.1) is 10.2 Å². The Morgan fingerprint density at radius 2 is 1.68 bits per heavy atom. The first-order chi connectivity index (χ1) is 17.4. The number of amides is 1. The van der Waals surface area contributed by atoms with Gasteiger partial charge < -0.3 is 9.32 Å². The molecule has 0 N–H and O–H groups in total. The summed E-state index contributed by atoms with van der Waals surface area (Å²) in [5.74, 6) is -0.391. The largest absolute Gasteiger partial charge is 0.422 e. The fourth-order valence-corrected chi connectivity index (χ4v) is 5.58. The Morgan fingerprint density at radius 1 is 0.946 bits per heavy atom. The lowest BCUT2D eigenvalue weighted by Gasteiger charge is -2.24. The predicted molar refractivity (Wildman–Crippen MR) is 156 cm³/mol. The molecule has 0 spiro atoms. The minimum Gasteiger partial charge on any atom is -0.422 e.